The Morgan fingerprint density at radius 3 is 2.50 bits per heavy atom. The van der Waals surface area contributed by atoms with E-state index in [0.717, 1.165) is 24.8 Å². The van der Waals surface area contributed by atoms with Gasteiger partial charge in [-0.3, -0.25) is 0 Å². The molecule has 3 nitrogen and oxygen atoms in total. The summed E-state index contributed by atoms with van der Waals surface area (Å²) < 4.78 is 10.6. The van der Waals surface area contributed by atoms with E-state index in [1.165, 1.54) is 5.57 Å². The van der Waals surface area contributed by atoms with E-state index < -0.39 is 0 Å². The summed E-state index contributed by atoms with van der Waals surface area (Å²) in [5.74, 6) is 1.09. The lowest BCUT2D eigenvalue weighted by atomic mass is 9.61. The highest BCUT2D eigenvalue weighted by Crippen LogP contribution is 2.48. The summed E-state index contributed by atoms with van der Waals surface area (Å²) in [6.45, 7) is 16.9. The summed E-state index contributed by atoms with van der Waals surface area (Å²) in [7, 11) is 1.59. The van der Waals surface area contributed by atoms with Crippen LogP contribution in [0.25, 0.3) is 0 Å². The Bertz CT molecular complexity index is 686. The van der Waals surface area contributed by atoms with Crippen molar-refractivity contribution in [1.82, 2.24) is 0 Å². The van der Waals surface area contributed by atoms with Gasteiger partial charge >= 0.3 is 5.97 Å². The highest BCUT2D eigenvalue weighted by molar-refractivity contribution is 5.89. The van der Waals surface area contributed by atoms with Crippen molar-refractivity contribution in [1.29, 1.82) is 0 Å². The Morgan fingerprint density at radius 1 is 1.31 bits per heavy atom. The molecule has 0 saturated heterocycles. The predicted octanol–water partition coefficient (Wildman–Crippen LogP) is 5.59. The van der Waals surface area contributed by atoms with Crippen molar-refractivity contribution < 1.29 is 14.3 Å². The number of methoxy groups -OCH3 is 1. The van der Waals surface area contributed by atoms with Gasteiger partial charge in [0.05, 0.1) is 12.7 Å². The van der Waals surface area contributed by atoms with Gasteiger partial charge in [0, 0.05) is 0 Å². The SMILES string of the molecule is C=C[C@]1(C)CC[C@@H](C(=C)C)C[C@H]1C(=C)COC(=O)c1ccc(OC)cc1. The van der Waals surface area contributed by atoms with Crippen LogP contribution in [0.4, 0.5) is 0 Å². The first-order valence-corrected chi connectivity index (χ1v) is 9.08. The van der Waals surface area contributed by atoms with Crippen LogP contribution in [0.15, 0.2) is 61.2 Å². The number of allylic oxidation sites excluding steroid dienone is 2. The topological polar surface area (TPSA) is 35.5 Å². The van der Waals surface area contributed by atoms with Crippen LogP contribution >= 0.6 is 0 Å². The molecule has 0 heterocycles. The fourth-order valence-corrected chi connectivity index (χ4v) is 3.73. The van der Waals surface area contributed by atoms with Gasteiger partial charge in [-0.25, -0.2) is 4.79 Å². The Morgan fingerprint density at radius 2 is 1.96 bits per heavy atom. The van der Waals surface area contributed by atoms with Gasteiger partial charge in [-0.1, -0.05) is 31.7 Å². The van der Waals surface area contributed by atoms with Crippen LogP contribution in [0.3, 0.4) is 0 Å². The van der Waals surface area contributed by atoms with E-state index in [-0.39, 0.29) is 23.9 Å². The molecule has 0 aliphatic heterocycles. The maximum Gasteiger partial charge on any atom is 0.338 e. The molecule has 1 aromatic carbocycles. The molecule has 140 valence electrons. The van der Waals surface area contributed by atoms with Crippen LogP contribution in [0.2, 0.25) is 0 Å². The zero-order valence-electron chi connectivity index (χ0n) is 16.2. The molecule has 1 aliphatic carbocycles. The number of carbonyl (C=O) groups is 1. The van der Waals surface area contributed by atoms with Crippen molar-refractivity contribution in [3.05, 3.63) is 66.8 Å². The number of benzene rings is 1. The van der Waals surface area contributed by atoms with Crippen LogP contribution in [0.5, 0.6) is 5.75 Å². The van der Waals surface area contributed by atoms with Crippen LogP contribution in [-0.4, -0.2) is 19.7 Å². The van der Waals surface area contributed by atoms with Crippen molar-refractivity contribution in [3.8, 4) is 5.75 Å². The van der Waals surface area contributed by atoms with Crippen LogP contribution in [0, 0.1) is 17.3 Å². The van der Waals surface area contributed by atoms with Gasteiger partial charge in [0.1, 0.15) is 12.4 Å². The first-order valence-electron chi connectivity index (χ1n) is 9.08. The average molecular weight is 354 g/mol. The highest BCUT2D eigenvalue weighted by atomic mass is 16.5. The molecule has 1 aliphatic rings. The lowest BCUT2D eigenvalue weighted by Gasteiger charge is -2.44. The molecule has 0 bridgehead atoms. The number of rotatable bonds is 7. The number of carbonyl (C=O) groups excluding carboxylic acids is 1. The minimum Gasteiger partial charge on any atom is -0.497 e. The number of hydrogen-bond acceptors (Lipinski definition) is 3. The van der Waals surface area contributed by atoms with Gasteiger partial charge in [-0.2, -0.15) is 0 Å². The van der Waals surface area contributed by atoms with E-state index in [2.05, 4.69) is 33.6 Å². The maximum absolute atomic E-state index is 12.3. The number of hydrogen-bond donors (Lipinski definition) is 0. The third-order valence-electron chi connectivity index (χ3n) is 5.72. The minimum atomic E-state index is -0.346. The molecule has 1 saturated carbocycles. The van der Waals surface area contributed by atoms with Gasteiger partial charge in [-0.15, -0.1) is 6.58 Å². The molecule has 2 rings (SSSR count). The second-order valence-electron chi connectivity index (χ2n) is 7.54. The third-order valence-corrected chi connectivity index (χ3v) is 5.72. The van der Waals surface area contributed by atoms with Crippen molar-refractivity contribution >= 4 is 5.97 Å². The van der Waals surface area contributed by atoms with Gasteiger partial charge in [0.2, 0.25) is 0 Å². The predicted molar refractivity (Wildman–Crippen MR) is 106 cm³/mol. The fourth-order valence-electron chi connectivity index (χ4n) is 3.73. The molecule has 3 atom stereocenters. The van der Waals surface area contributed by atoms with Crippen LogP contribution in [-0.2, 0) is 4.74 Å². The first-order chi connectivity index (χ1) is 12.3. The van der Waals surface area contributed by atoms with E-state index in [0.29, 0.717) is 17.2 Å². The monoisotopic (exact) mass is 354 g/mol. The molecule has 0 amide bonds. The van der Waals surface area contributed by atoms with Crippen molar-refractivity contribution in [3.63, 3.8) is 0 Å². The standard InChI is InChI=1S/C23H30O3/c1-7-23(5)13-12-19(16(2)3)14-21(23)17(4)15-26-22(24)18-8-10-20(25-6)11-9-18/h7-11,19,21H,1-2,4,12-15H2,3,5-6H3/t19-,21+,23-/m1/s1. The first kappa shape index (κ1) is 20.0. The second-order valence-corrected chi connectivity index (χ2v) is 7.54. The molecule has 0 unspecified atom stereocenters. The maximum atomic E-state index is 12.3. The van der Waals surface area contributed by atoms with Crippen LogP contribution in [0.1, 0.15) is 43.5 Å². The summed E-state index contributed by atoms with van der Waals surface area (Å²) >= 11 is 0. The van der Waals surface area contributed by atoms with Gasteiger partial charge in [-0.05, 0) is 73.3 Å². The molecular formula is C23H30O3. The lowest BCUT2D eigenvalue weighted by molar-refractivity contribution is 0.0509. The third kappa shape index (κ3) is 4.46. The second kappa shape index (κ2) is 8.39. The molecule has 0 spiro atoms. The van der Waals surface area contributed by atoms with E-state index in [1.54, 1.807) is 31.4 Å². The molecule has 0 aromatic heterocycles. The molecule has 1 aromatic rings. The quantitative estimate of drug-likeness (QED) is 0.473. The highest BCUT2D eigenvalue weighted by Gasteiger charge is 2.39. The lowest BCUT2D eigenvalue weighted by Crippen LogP contribution is -2.35. The van der Waals surface area contributed by atoms with E-state index in [4.69, 9.17) is 9.47 Å². The minimum absolute atomic E-state index is 0.0183. The molecule has 3 heteroatoms. The summed E-state index contributed by atoms with van der Waals surface area (Å²) in [4.78, 5) is 12.3. The summed E-state index contributed by atoms with van der Waals surface area (Å²) in [6.07, 6.45) is 5.18. The van der Waals surface area contributed by atoms with Crippen molar-refractivity contribution in [2.75, 3.05) is 13.7 Å². The fraction of sp³-hybridized carbons (Fsp3) is 0.435. The summed E-state index contributed by atoms with van der Waals surface area (Å²) in [5.41, 5.74) is 2.65. The average Bonchev–Trinajstić information content (AvgIpc) is 2.66. The zero-order chi connectivity index (χ0) is 19.3. The van der Waals surface area contributed by atoms with Gasteiger partial charge in [0.25, 0.3) is 0 Å². The van der Waals surface area contributed by atoms with Crippen molar-refractivity contribution in [2.45, 2.75) is 33.1 Å². The van der Waals surface area contributed by atoms with E-state index >= 15 is 0 Å². The molecular weight excluding hydrogens is 324 g/mol. The van der Waals surface area contributed by atoms with Crippen molar-refractivity contribution in [2.24, 2.45) is 17.3 Å². The summed E-state index contributed by atoms with van der Waals surface area (Å²) in [6, 6.07) is 6.91. The largest absolute Gasteiger partial charge is 0.497 e. The molecule has 26 heavy (non-hydrogen) atoms. The van der Waals surface area contributed by atoms with Crippen LogP contribution < -0.4 is 4.74 Å². The number of esters is 1. The van der Waals surface area contributed by atoms with E-state index in [1.807, 2.05) is 6.08 Å². The normalized spacial score (nSPS) is 25.2. The molecule has 0 radical (unpaired) electrons. The Hall–Kier alpha value is -2.29. The Balaban J connectivity index is 2.02. The van der Waals surface area contributed by atoms with E-state index in [9.17, 15) is 4.79 Å². The zero-order valence-corrected chi connectivity index (χ0v) is 16.2. The molecule has 1 fully saturated rings. The summed E-state index contributed by atoms with van der Waals surface area (Å²) in [5, 5.41) is 0. The Kier molecular flexibility index (Phi) is 6.47. The Labute approximate surface area is 157 Å². The number of ether oxygens (including phenoxy) is 2. The van der Waals surface area contributed by atoms with Gasteiger partial charge < -0.3 is 9.47 Å². The molecule has 0 N–H and O–H groups in total. The smallest absolute Gasteiger partial charge is 0.338 e. The van der Waals surface area contributed by atoms with Gasteiger partial charge in [0.15, 0.2) is 0 Å².